The van der Waals surface area contributed by atoms with E-state index in [-0.39, 0.29) is 11.3 Å². The molecule has 0 saturated carbocycles. The number of hydrogen-bond donors (Lipinski definition) is 1. The molecule has 8 nitrogen and oxygen atoms in total. The molecule has 1 aliphatic rings. The summed E-state index contributed by atoms with van der Waals surface area (Å²) in [4.78, 5) is 20.5. The van der Waals surface area contributed by atoms with Gasteiger partial charge in [0.15, 0.2) is 11.5 Å². The number of pyridine rings is 1. The Hall–Kier alpha value is -4.27. The second-order valence-corrected chi connectivity index (χ2v) is 11.3. The fourth-order valence-corrected chi connectivity index (χ4v) is 4.87. The molecule has 5 rings (SSSR count). The zero-order valence-corrected chi connectivity index (χ0v) is 24.7. The van der Waals surface area contributed by atoms with Gasteiger partial charge in [-0.2, -0.15) is 5.10 Å². The molecule has 4 aromatic rings. The van der Waals surface area contributed by atoms with Crippen LogP contribution in [0.25, 0.3) is 22.2 Å². The number of benzene rings is 3. The van der Waals surface area contributed by atoms with Crippen molar-refractivity contribution in [2.75, 3.05) is 46.6 Å². The molecule has 0 bridgehead atoms. The zero-order chi connectivity index (χ0) is 29.5. The van der Waals surface area contributed by atoms with Crippen LogP contribution in [-0.2, 0) is 10.2 Å². The van der Waals surface area contributed by atoms with Crippen LogP contribution in [0.5, 0.6) is 11.5 Å². The van der Waals surface area contributed by atoms with Gasteiger partial charge in [-0.15, -0.1) is 0 Å². The number of para-hydroxylation sites is 1. The largest absolute Gasteiger partial charge is 0.493 e. The molecule has 0 radical (unpaired) electrons. The van der Waals surface area contributed by atoms with E-state index in [0.29, 0.717) is 23.7 Å². The summed E-state index contributed by atoms with van der Waals surface area (Å²) in [6, 6.07) is 23.4. The minimum Gasteiger partial charge on any atom is -0.493 e. The predicted molar refractivity (Wildman–Crippen MR) is 167 cm³/mol. The van der Waals surface area contributed by atoms with Crippen molar-refractivity contribution in [1.82, 2.24) is 15.3 Å². The van der Waals surface area contributed by atoms with Crippen molar-refractivity contribution in [2.45, 2.75) is 26.2 Å². The Morgan fingerprint density at radius 2 is 1.79 bits per heavy atom. The highest BCUT2D eigenvalue weighted by Crippen LogP contribution is 2.29. The number of aromatic nitrogens is 1. The van der Waals surface area contributed by atoms with E-state index in [2.05, 4.69) is 60.5 Å². The van der Waals surface area contributed by atoms with E-state index >= 15 is 0 Å². The highest BCUT2D eigenvalue weighted by molar-refractivity contribution is 6.07. The van der Waals surface area contributed by atoms with Crippen molar-refractivity contribution < 1.29 is 19.0 Å². The van der Waals surface area contributed by atoms with E-state index in [1.54, 1.807) is 13.3 Å². The third-order valence-corrected chi connectivity index (χ3v) is 7.34. The van der Waals surface area contributed by atoms with Crippen LogP contribution < -0.4 is 14.9 Å². The molecule has 0 spiro atoms. The fraction of sp³-hybridized carbons (Fsp3) is 0.324. The molecule has 0 aliphatic carbocycles. The van der Waals surface area contributed by atoms with Gasteiger partial charge in [0.05, 0.1) is 43.3 Å². The van der Waals surface area contributed by atoms with Gasteiger partial charge in [-0.25, -0.2) is 10.4 Å². The highest BCUT2D eigenvalue weighted by atomic mass is 16.5. The van der Waals surface area contributed by atoms with Gasteiger partial charge in [-0.05, 0) is 46.9 Å². The Labute approximate surface area is 247 Å². The summed E-state index contributed by atoms with van der Waals surface area (Å²) < 4.78 is 16.9. The van der Waals surface area contributed by atoms with Crippen LogP contribution in [0.15, 0.2) is 77.9 Å². The summed E-state index contributed by atoms with van der Waals surface area (Å²) in [5.41, 5.74) is 7.69. The molecular weight excluding hydrogens is 528 g/mol. The smallest absolute Gasteiger partial charge is 0.272 e. The summed E-state index contributed by atoms with van der Waals surface area (Å²) in [7, 11) is 1.61. The number of amides is 1. The number of hydrogen-bond acceptors (Lipinski definition) is 7. The zero-order valence-electron chi connectivity index (χ0n) is 24.7. The number of fused-ring (bicyclic) bond motifs is 1. The lowest BCUT2D eigenvalue weighted by molar-refractivity contribution is 0.0321. The number of carbonyl (C=O) groups is 1. The van der Waals surface area contributed by atoms with Crippen molar-refractivity contribution in [2.24, 2.45) is 5.10 Å². The first kappa shape index (κ1) is 29.2. The quantitative estimate of drug-likeness (QED) is 0.207. The lowest BCUT2D eigenvalue weighted by atomic mass is 9.86. The van der Waals surface area contributed by atoms with E-state index in [1.807, 2.05) is 48.5 Å². The van der Waals surface area contributed by atoms with Crippen LogP contribution in [0.4, 0.5) is 0 Å². The third-order valence-electron chi connectivity index (χ3n) is 7.34. The molecule has 0 unspecified atom stereocenters. The number of rotatable bonds is 9. The molecule has 1 amide bonds. The number of nitrogens with one attached hydrogen (secondary N) is 1. The second kappa shape index (κ2) is 13.1. The Balaban J connectivity index is 1.28. The third kappa shape index (κ3) is 7.13. The van der Waals surface area contributed by atoms with Crippen LogP contribution >= 0.6 is 0 Å². The van der Waals surface area contributed by atoms with Crippen LogP contribution in [0, 0.1) is 0 Å². The first-order valence-electron chi connectivity index (χ1n) is 14.3. The summed E-state index contributed by atoms with van der Waals surface area (Å²) in [6.07, 6.45) is 1.59. The van der Waals surface area contributed by atoms with Gasteiger partial charge in [-0.1, -0.05) is 63.2 Å². The Kier molecular flexibility index (Phi) is 9.15. The van der Waals surface area contributed by atoms with Crippen molar-refractivity contribution in [3.05, 3.63) is 89.5 Å². The molecule has 3 aromatic carbocycles. The van der Waals surface area contributed by atoms with Gasteiger partial charge < -0.3 is 14.2 Å². The number of hydrazone groups is 1. The first-order valence-corrected chi connectivity index (χ1v) is 14.3. The molecule has 218 valence electrons. The minimum atomic E-state index is -0.313. The number of ether oxygens (including phenoxy) is 3. The van der Waals surface area contributed by atoms with Crippen molar-refractivity contribution in [1.29, 1.82) is 0 Å². The maximum absolute atomic E-state index is 13.3. The van der Waals surface area contributed by atoms with Crippen LogP contribution in [0.3, 0.4) is 0 Å². The lowest BCUT2D eigenvalue weighted by Crippen LogP contribution is -2.38. The van der Waals surface area contributed by atoms with Gasteiger partial charge in [0.1, 0.15) is 6.61 Å². The van der Waals surface area contributed by atoms with Crippen LogP contribution in [0.2, 0.25) is 0 Å². The summed E-state index contributed by atoms with van der Waals surface area (Å²) in [5, 5.41) is 5.00. The van der Waals surface area contributed by atoms with E-state index in [9.17, 15) is 4.79 Å². The Bertz CT molecular complexity index is 1550. The summed E-state index contributed by atoms with van der Waals surface area (Å²) in [6.45, 7) is 11.3. The van der Waals surface area contributed by atoms with Gasteiger partial charge in [0.2, 0.25) is 0 Å². The van der Waals surface area contributed by atoms with Crippen LogP contribution in [0.1, 0.15) is 42.3 Å². The number of nitrogens with zero attached hydrogens (tertiary/aromatic N) is 3. The first-order chi connectivity index (χ1) is 20.3. The van der Waals surface area contributed by atoms with Crippen molar-refractivity contribution in [3.63, 3.8) is 0 Å². The summed E-state index contributed by atoms with van der Waals surface area (Å²) in [5.74, 6) is 0.959. The maximum Gasteiger partial charge on any atom is 0.272 e. The van der Waals surface area contributed by atoms with Gasteiger partial charge >= 0.3 is 0 Å². The van der Waals surface area contributed by atoms with Crippen molar-refractivity contribution >= 4 is 23.0 Å². The lowest BCUT2D eigenvalue weighted by Gasteiger charge is -2.26. The second-order valence-electron chi connectivity index (χ2n) is 11.3. The highest BCUT2D eigenvalue weighted by Gasteiger charge is 2.16. The molecule has 8 heteroatoms. The molecule has 1 fully saturated rings. The van der Waals surface area contributed by atoms with E-state index in [1.165, 1.54) is 5.56 Å². The predicted octanol–water partition coefficient (Wildman–Crippen LogP) is 5.68. The molecule has 42 heavy (non-hydrogen) atoms. The van der Waals surface area contributed by atoms with Gasteiger partial charge in [0, 0.05) is 30.6 Å². The Morgan fingerprint density at radius 1 is 1.02 bits per heavy atom. The van der Waals surface area contributed by atoms with Gasteiger partial charge in [0.25, 0.3) is 5.91 Å². The minimum absolute atomic E-state index is 0.0544. The average molecular weight is 567 g/mol. The fourth-order valence-electron chi connectivity index (χ4n) is 4.87. The molecule has 1 aromatic heterocycles. The molecule has 1 aliphatic heterocycles. The van der Waals surface area contributed by atoms with Crippen LogP contribution in [-0.4, -0.2) is 68.6 Å². The maximum atomic E-state index is 13.3. The number of morpholine rings is 1. The Morgan fingerprint density at radius 3 is 2.52 bits per heavy atom. The molecular formula is C34H38N4O4. The normalized spacial score (nSPS) is 14.3. The molecule has 2 heterocycles. The summed E-state index contributed by atoms with van der Waals surface area (Å²) >= 11 is 0. The molecule has 1 saturated heterocycles. The van der Waals surface area contributed by atoms with Gasteiger partial charge in [-0.3, -0.25) is 9.69 Å². The standard InChI is InChI=1S/C34H38N4O4/c1-34(2,3)26-12-10-25(11-13-26)30-22-28(27-7-5-6-8-29(27)36-30)33(39)37-35-23-24-9-14-31(32(21-24)40-4)42-20-17-38-15-18-41-19-16-38/h5-14,21-23H,15-20H2,1-4H3,(H,37,39)/b35-23-. The average Bonchev–Trinajstić information content (AvgIpc) is 3.01. The molecule has 1 N–H and O–H groups in total. The SMILES string of the molecule is COc1cc(/C=N\NC(=O)c2cc(-c3ccc(C(C)(C)C)cc3)nc3ccccc23)ccc1OCCN1CCOCC1. The van der Waals surface area contributed by atoms with Crippen molar-refractivity contribution in [3.8, 4) is 22.8 Å². The van der Waals surface area contributed by atoms with E-state index in [4.69, 9.17) is 19.2 Å². The topological polar surface area (TPSA) is 85.3 Å². The molecule has 0 atom stereocenters. The monoisotopic (exact) mass is 566 g/mol. The van der Waals surface area contributed by atoms with E-state index in [0.717, 1.165) is 60.6 Å². The van der Waals surface area contributed by atoms with E-state index < -0.39 is 0 Å². The number of carbonyl (C=O) groups excluding carboxylic acids is 1. The number of methoxy groups -OCH3 is 1.